The summed E-state index contributed by atoms with van der Waals surface area (Å²) in [5.74, 6) is -0.354. The molecule has 2 heterocycles. The van der Waals surface area contributed by atoms with Gasteiger partial charge >= 0.3 is 6.18 Å². The summed E-state index contributed by atoms with van der Waals surface area (Å²) in [6, 6.07) is 19.3. The lowest BCUT2D eigenvalue weighted by atomic mass is 10.1. The molecule has 0 saturated carbocycles. The number of carbonyl (C=O) groups is 1. The summed E-state index contributed by atoms with van der Waals surface area (Å²) in [4.78, 5) is 21.7. The van der Waals surface area contributed by atoms with Gasteiger partial charge < -0.3 is 5.32 Å². The van der Waals surface area contributed by atoms with Crippen LogP contribution in [0.1, 0.15) is 21.5 Å². The van der Waals surface area contributed by atoms with Gasteiger partial charge in [0.1, 0.15) is 0 Å². The highest BCUT2D eigenvalue weighted by Crippen LogP contribution is 2.29. The number of benzene rings is 2. The van der Waals surface area contributed by atoms with Gasteiger partial charge in [-0.3, -0.25) is 4.79 Å². The highest BCUT2D eigenvalue weighted by Gasteiger charge is 2.29. The number of halogens is 3. The molecule has 0 unspecified atom stereocenters. The van der Waals surface area contributed by atoms with Crippen LogP contribution in [0.2, 0.25) is 0 Å². The van der Waals surface area contributed by atoms with Gasteiger partial charge in [-0.25, -0.2) is 9.97 Å². The molecule has 0 fully saturated rings. The first-order valence-electron chi connectivity index (χ1n) is 9.17. The van der Waals surface area contributed by atoms with Gasteiger partial charge in [-0.2, -0.15) is 13.2 Å². The van der Waals surface area contributed by atoms with Crippen molar-refractivity contribution in [1.82, 2.24) is 15.3 Å². The number of amides is 1. The number of carbonyl (C=O) groups excluding carboxylic acids is 1. The number of nitrogens with one attached hydrogen (secondary N) is 1. The summed E-state index contributed by atoms with van der Waals surface area (Å²) in [6.07, 6.45) is -2.79. The topological polar surface area (TPSA) is 54.9 Å². The molecule has 7 heteroatoms. The fourth-order valence-corrected chi connectivity index (χ4v) is 3.09. The van der Waals surface area contributed by atoms with Gasteiger partial charge in [0.15, 0.2) is 5.65 Å². The third-order valence-electron chi connectivity index (χ3n) is 4.63. The van der Waals surface area contributed by atoms with Crippen LogP contribution in [0.3, 0.4) is 0 Å². The normalized spacial score (nSPS) is 11.4. The predicted molar refractivity (Wildman–Crippen MR) is 108 cm³/mol. The van der Waals surface area contributed by atoms with Crippen molar-refractivity contribution in [3.8, 4) is 11.3 Å². The van der Waals surface area contributed by atoms with E-state index in [-0.39, 0.29) is 12.5 Å². The molecule has 0 aliphatic carbocycles. The first-order valence-corrected chi connectivity index (χ1v) is 9.17. The van der Waals surface area contributed by atoms with Crippen LogP contribution in [0, 0.1) is 0 Å². The zero-order valence-corrected chi connectivity index (χ0v) is 15.6. The van der Waals surface area contributed by atoms with Gasteiger partial charge in [-0.1, -0.05) is 42.5 Å². The largest absolute Gasteiger partial charge is 0.416 e. The summed E-state index contributed by atoms with van der Waals surface area (Å²) in [7, 11) is 0. The standard InChI is InChI=1S/C23H16F3N3O/c24-23(25,26)17-10-8-15(9-11-17)14-28-22(30)19-13-20(16-5-2-1-3-6-16)29-21-18(19)7-4-12-27-21/h1-13H,14H2,(H,28,30). The van der Waals surface area contributed by atoms with E-state index < -0.39 is 11.7 Å². The molecule has 1 N–H and O–H groups in total. The summed E-state index contributed by atoms with van der Waals surface area (Å²) < 4.78 is 38.1. The Morgan fingerprint density at radius 3 is 2.37 bits per heavy atom. The summed E-state index contributed by atoms with van der Waals surface area (Å²) in [6.45, 7) is 0.0989. The number of fused-ring (bicyclic) bond motifs is 1. The second-order valence-corrected chi connectivity index (χ2v) is 6.67. The first-order chi connectivity index (χ1) is 14.4. The highest BCUT2D eigenvalue weighted by atomic mass is 19.4. The fourth-order valence-electron chi connectivity index (χ4n) is 3.09. The SMILES string of the molecule is O=C(NCc1ccc(C(F)(F)F)cc1)c1cc(-c2ccccc2)nc2ncccc12. The Kier molecular flexibility index (Phi) is 5.18. The highest BCUT2D eigenvalue weighted by molar-refractivity contribution is 6.06. The maximum absolute atomic E-state index is 12.9. The molecular weight excluding hydrogens is 391 g/mol. The molecule has 2 aromatic heterocycles. The van der Waals surface area contributed by atoms with Crippen molar-refractivity contribution in [3.05, 3.63) is 95.7 Å². The average molecular weight is 407 g/mol. The molecule has 4 rings (SSSR count). The molecule has 30 heavy (non-hydrogen) atoms. The Bertz CT molecular complexity index is 1190. The number of nitrogens with zero attached hydrogens (tertiary/aromatic N) is 2. The smallest absolute Gasteiger partial charge is 0.348 e. The number of hydrogen-bond acceptors (Lipinski definition) is 3. The zero-order valence-electron chi connectivity index (χ0n) is 15.6. The first kappa shape index (κ1) is 19.6. The molecule has 150 valence electrons. The van der Waals surface area contributed by atoms with Crippen molar-refractivity contribution in [2.24, 2.45) is 0 Å². The molecule has 0 aliphatic heterocycles. The molecule has 0 saturated heterocycles. The lowest BCUT2D eigenvalue weighted by Gasteiger charge is -2.11. The van der Waals surface area contributed by atoms with Crippen LogP contribution in [0.5, 0.6) is 0 Å². The van der Waals surface area contributed by atoms with E-state index in [1.807, 2.05) is 30.3 Å². The maximum Gasteiger partial charge on any atom is 0.416 e. The minimum absolute atomic E-state index is 0.0989. The molecule has 0 radical (unpaired) electrons. The summed E-state index contributed by atoms with van der Waals surface area (Å²) >= 11 is 0. The van der Waals surface area contributed by atoms with E-state index in [9.17, 15) is 18.0 Å². The van der Waals surface area contributed by atoms with E-state index in [1.54, 1.807) is 24.4 Å². The minimum atomic E-state index is -4.39. The molecule has 0 atom stereocenters. The van der Waals surface area contributed by atoms with Gasteiger partial charge in [0.05, 0.1) is 16.8 Å². The van der Waals surface area contributed by atoms with Crippen molar-refractivity contribution in [3.63, 3.8) is 0 Å². The number of pyridine rings is 2. The van der Waals surface area contributed by atoms with Crippen molar-refractivity contribution in [1.29, 1.82) is 0 Å². The van der Waals surface area contributed by atoms with Gasteiger partial charge in [0, 0.05) is 23.7 Å². The predicted octanol–water partition coefficient (Wildman–Crippen LogP) is 5.25. The van der Waals surface area contributed by atoms with Crippen LogP contribution < -0.4 is 5.32 Å². The van der Waals surface area contributed by atoms with Gasteiger partial charge in [-0.15, -0.1) is 0 Å². The molecule has 0 bridgehead atoms. The van der Waals surface area contributed by atoms with Crippen LogP contribution in [-0.2, 0) is 12.7 Å². The lowest BCUT2D eigenvalue weighted by Crippen LogP contribution is -2.23. The van der Waals surface area contributed by atoms with Gasteiger partial charge in [-0.05, 0) is 35.9 Å². The molecule has 0 spiro atoms. The van der Waals surface area contributed by atoms with Crippen LogP contribution >= 0.6 is 0 Å². The van der Waals surface area contributed by atoms with Crippen molar-refractivity contribution < 1.29 is 18.0 Å². The number of alkyl halides is 3. The van der Waals surface area contributed by atoms with Gasteiger partial charge in [0.2, 0.25) is 0 Å². The van der Waals surface area contributed by atoms with E-state index in [1.165, 1.54) is 12.1 Å². The van der Waals surface area contributed by atoms with Crippen molar-refractivity contribution >= 4 is 16.9 Å². The van der Waals surface area contributed by atoms with Crippen molar-refractivity contribution in [2.75, 3.05) is 0 Å². The Balaban J connectivity index is 1.61. The van der Waals surface area contributed by atoms with Crippen LogP contribution in [0.15, 0.2) is 79.0 Å². The van der Waals surface area contributed by atoms with E-state index in [0.29, 0.717) is 27.9 Å². The monoisotopic (exact) mass is 407 g/mol. The van der Waals surface area contributed by atoms with Crippen LogP contribution in [-0.4, -0.2) is 15.9 Å². The zero-order chi connectivity index (χ0) is 21.1. The number of rotatable bonds is 4. The fraction of sp³-hybridized carbons (Fsp3) is 0.0870. The molecule has 0 aliphatic rings. The third-order valence-corrected chi connectivity index (χ3v) is 4.63. The number of aromatic nitrogens is 2. The number of hydrogen-bond donors (Lipinski definition) is 1. The quantitative estimate of drug-likeness (QED) is 0.503. The average Bonchev–Trinajstić information content (AvgIpc) is 2.77. The van der Waals surface area contributed by atoms with Crippen molar-refractivity contribution in [2.45, 2.75) is 12.7 Å². The van der Waals surface area contributed by atoms with Gasteiger partial charge in [0.25, 0.3) is 5.91 Å². The molecule has 1 amide bonds. The van der Waals surface area contributed by atoms with Crippen LogP contribution in [0.25, 0.3) is 22.3 Å². The molecule has 2 aromatic carbocycles. The molecule has 4 aromatic rings. The lowest BCUT2D eigenvalue weighted by molar-refractivity contribution is -0.137. The maximum atomic E-state index is 12.9. The van der Waals surface area contributed by atoms with E-state index in [0.717, 1.165) is 17.7 Å². The van der Waals surface area contributed by atoms with E-state index in [2.05, 4.69) is 15.3 Å². The third kappa shape index (κ3) is 4.15. The Labute approximate surface area is 170 Å². The Morgan fingerprint density at radius 1 is 0.933 bits per heavy atom. The second-order valence-electron chi connectivity index (χ2n) is 6.67. The molecular formula is C23H16F3N3O. The minimum Gasteiger partial charge on any atom is -0.348 e. The van der Waals surface area contributed by atoms with E-state index >= 15 is 0 Å². The Morgan fingerprint density at radius 2 is 1.67 bits per heavy atom. The second kappa shape index (κ2) is 7.94. The summed E-state index contributed by atoms with van der Waals surface area (Å²) in [5, 5.41) is 3.37. The summed E-state index contributed by atoms with van der Waals surface area (Å²) in [5.41, 5.74) is 2.15. The van der Waals surface area contributed by atoms with E-state index in [4.69, 9.17) is 0 Å². The Hall–Kier alpha value is -3.74. The van der Waals surface area contributed by atoms with Crippen LogP contribution in [0.4, 0.5) is 13.2 Å². The molecule has 4 nitrogen and oxygen atoms in total.